The van der Waals surface area contributed by atoms with E-state index in [0.29, 0.717) is 11.5 Å². The molecule has 0 spiro atoms. The van der Waals surface area contributed by atoms with Crippen LogP contribution in [0.15, 0.2) is 41.3 Å². The summed E-state index contributed by atoms with van der Waals surface area (Å²) in [6.07, 6.45) is 1.45. The molecule has 2 heterocycles. The van der Waals surface area contributed by atoms with Crippen LogP contribution >= 0.6 is 11.3 Å². The summed E-state index contributed by atoms with van der Waals surface area (Å²) in [5.74, 6) is -0.721. The van der Waals surface area contributed by atoms with Gasteiger partial charge < -0.3 is 9.47 Å². The lowest BCUT2D eigenvalue weighted by Crippen LogP contribution is -2.54. The van der Waals surface area contributed by atoms with Crippen molar-refractivity contribution in [2.75, 3.05) is 19.1 Å². The van der Waals surface area contributed by atoms with Crippen LogP contribution in [0.5, 0.6) is 11.5 Å². The highest BCUT2D eigenvalue weighted by atomic mass is 32.1. The van der Waals surface area contributed by atoms with E-state index in [0.717, 1.165) is 9.78 Å². The number of hydrogen-bond donors (Lipinski definition) is 1. The summed E-state index contributed by atoms with van der Waals surface area (Å²) in [5.41, 5.74) is 0.0563. The van der Waals surface area contributed by atoms with Gasteiger partial charge in [-0.25, -0.2) is 9.69 Å². The Hall–Kier alpha value is -3.13. The first-order valence-corrected chi connectivity index (χ1v) is 8.10. The number of carbonyl (C=O) groups excluding carboxylic acids is 3. The molecule has 8 heteroatoms. The molecule has 0 unspecified atom stereocenters. The number of imide groups is 2. The van der Waals surface area contributed by atoms with Gasteiger partial charge in [-0.05, 0) is 29.7 Å². The number of methoxy groups -OCH3 is 2. The summed E-state index contributed by atoms with van der Waals surface area (Å²) in [4.78, 5) is 38.8. The van der Waals surface area contributed by atoms with Crippen molar-refractivity contribution >= 4 is 40.9 Å². The molecule has 25 heavy (non-hydrogen) atoms. The van der Waals surface area contributed by atoms with E-state index in [1.807, 2.05) is 5.38 Å². The minimum absolute atomic E-state index is 0.132. The maximum absolute atomic E-state index is 12.8. The largest absolute Gasteiger partial charge is 0.497 e. The van der Waals surface area contributed by atoms with Gasteiger partial charge in [0.25, 0.3) is 11.8 Å². The zero-order valence-corrected chi connectivity index (χ0v) is 14.3. The molecule has 3 rings (SSSR count). The van der Waals surface area contributed by atoms with Crippen LogP contribution in [0.25, 0.3) is 6.08 Å². The lowest BCUT2D eigenvalue weighted by molar-refractivity contribution is -0.122. The molecular formula is C17H14N2O5S. The van der Waals surface area contributed by atoms with E-state index < -0.39 is 17.8 Å². The van der Waals surface area contributed by atoms with Gasteiger partial charge in [-0.1, -0.05) is 6.07 Å². The second-order valence-electron chi connectivity index (χ2n) is 5.01. The van der Waals surface area contributed by atoms with Gasteiger partial charge in [0.1, 0.15) is 17.1 Å². The number of rotatable bonds is 4. The van der Waals surface area contributed by atoms with Crippen molar-refractivity contribution in [3.05, 3.63) is 46.2 Å². The summed E-state index contributed by atoms with van der Waals surface area (Å²) < 4.78 is 10.4. The Kier molecular flexibility index (Phi) is 4.53. The molecule has 2 aromatic rings. The van der Waals surface area contributed by atoms with Crippen LogP contribution in [0.1, 0.15) is 4.88 Å². The quantitative estimate of drug-likeness (QED) is 0.670. The van der Waals surface area contributed by atoms with Crippen LogP contribution < -0.4 is 19.7 Å². The predicted molar refractivity (Wildman–Crippen MR) is 92.9 cm³/mol. The molecule has 1 aromatic heterocycles. The number of thiophene rings is 1. The molecule has 0 atom stereocenters. The number of amides is 4. The van der Waals surface area contributed by atoms with Crippen molar-refractivity contribution in [3.63, 3.8) is 0 Å². The summed E-state index contributed by atoms with van der Waals surface area (Å²) in [6, 6.07) is 7.44. The highest BCUT2D eigenvalue weighted by Crippen LogP contribution is 2.34. The number of ether oxygens (including phenoxy) is 2. The molecule has 1 aliphatic heterocycles. The Balaban J connectivity index is 2.08. The van der Waals surface area contributed by atoms with Gasteiger partial charge in [0.05, 0.1) is 19.9 Å². The van der Waals surface area contributed by atoms with Crippen molar-refractivity contribution < 1.29 is 23.9 Å². The second-order valence-corrected chi connectivity index (χ2v) is 5.99. The summed E-state index contributed by atoms with van der Waals surface area (Å²) in [5, 5.41) is 4.00. The number of nitrogens with zero attached hydrogens (tertiary/aromatic N) is 1. The van der Waals surface area contributed by atoms with Crippen molar-refractivity contribution in [2.45, 2.75) is 0 Å². The topological polar surface area (TPSA) is 84.9 Å². The van der Waals surface area contributed by atoms with Crippen LogP contribution in [0.3, 0.4) is 0 Å². The molecule has 1 N–H and O–H groups in total. The summed E-state index contributed by atoms with van der Waals surface area (Å²) >= 11 is 1.38. The normalized spacial score (nSPS) is 16.2. The van der Waals surface area contributed by atoms with Crippen molar-refractivity contribution in [3.8, 4) is 11.5 Å². The molecule has 1 aliphatic rings. The Morgan fingerprint density at radius 2 is 1.92 bits per heavy atom. The van der Waals surface area contributed by atoms with Crippen LogP contribution in [-0.2, 0) is 9.59 Å². The highest BCUT2D eigenvalue weighted by Gasteiger charge is 2.38. The van der Waals surface area contributed by atoms with E-state index in [4.69, 9.17) is 9.47 Å². The number of benzene rings is 1. The molecule has 4 amide bonds. The molecular weight excluding hydrogens is 344 g/mol. The first-order valence-electron chi connectivity index (χ1n) is 7.22. The number of hydrogen-bond acceptors (Lipinski definition) is 6. The fraction of sp³-hybridized carbons (Fsp3) is 0.118. The Labute approximate surface area is 147 Å². The molecule has 1 fully saturated rings. The van der Waals surface area contributed by atoms with E-state index >= 15 is 0 Å². The zero-order valence-electron chi connectivity index (χ0n) is 13.4. The lowest BCUT2D eigenvalue weighted by atomic mass is 10.1. The van der Waals surface area contributed by atoms with Gasteiger partial charge in [-0.15, -0.1) is 11.3 Å². The van der Waals surface area contributed by atoms with E-state index in [2.05, 4.69) is 5.32 Å². The minimum Gasteiger partial charge on any atom is -0.497 e. The Morgan fingerprint density at radius 1 is 1.12 bits per heavy atom. The fourth-order valence-corrected chi connectivity index (χ4v) is 3.02. The average Bonchev–Trinajstić information content (AvgIpc) is 3.11. The molecule has 0 saturated carbocycles. The summed E-state index contributed by atoms with van der Waals surface area (Å²) in [7, 11) is 2.89. The second kappa shape index (κ2) is 6.78. The highest BCUT2D eigenvalue weighted by molar-refractivity contribution is 7.10. The molecule has 0 aliphatic carbocycles. The maximum Gasteiger partial charge on any atom is 0.336 e. The van der Waals surface area contributed by atoms with Gasteiger partial charge in [0, 0.05) is 10.9 Å². The third-order valence-corrected chi connectivity index (χ3v) is 4.38. The van der Waals surface area contributed by atoms with Crippen molar-refractivity contribution in [1.29, 1.82) is 0 Å². The monoisotopic (exact) mass is 358 g/mol. The van der Waals surface area contributed by atoms with Gasteiger partial charge in [-0.3, -0.25) is 14.9 Å². The number of anilines is 1. The maximum atomic E-state index is 12.8. The van der Waals surface area contributed by atoms with Crippen LogP contribution in [-0.4, -0.2) is 32.1 Å². The average molecular weight is 358 g/mol. The minimum atomic E-state index is -0.843. The van der Waals surface area contributed by atoms with Crippen LogP contribution in [0, 0.1) is 0 Å². The fourth-order valence-electron chi connectivity index (χ4n) is 2.36. The van der Waals surface area contributed by atoms with Crippen molar-refractivity contribution in [1.82, 2.24) is 5.32 Å². The van der Waals surface area contributed by atoms with Gasteiger partial charge in [-0.2, -0.15) is 0 Å². The zero-order chi connectivity index (χ0) is 18.0. The molecule has 1 aromatic carbocycles. The standard InChI is InChI=1S/C17H14N2O5S/c1-23-10-5-6-14(24-2)13(8-10)19-16(21)12(15(20)18-17(19)22)9-11-4-3-7-25-11/h3-9H,1-2H3,(H,18,20,22). The third kappa shape index (κ3) is 3.11. The number of urea groups is 1. The Morgan fingerprint density at radius 3 is 2.56 bits per heavy atom. The van der Waals surface area contributed by atoms with Crippen LogP contribution in [0.4, 0.5) is 10.5 Å². The number of barbiturate groups is 1. The van der Waals surface area contributed by atoms with Crippen molar-refractivity contribution in [2.24, 2.45) is 0 Å². The smallest absolute Gasteiger partial charge is 0.336 e. The van der Waals surface area contributed by atoms with E-state index in [9.17, 15) is 14.4 Å². The van der Waals surface area contributed by atoms with Gasteiger partial charge in [0.2, 0.25) is 0 Å². The first-order chi connectivity index (χ1) is 12.0. The third-order valence-electron chi connectivity index (χ3n) is 3.56. The van der Waals surface area contributed by atoms with Gasteiger partial charge >= 0.3 is 6.03 Å². The predicted octanol–water partition coefficient (Wildman–Crippen LogP) is 2.43. The Bertz CT molecular complexity index is 873. The molecule has 128 valence electrons. The van der Waals surface area contributed by atoms with E-state index in [1.54, 1.807) is 24.3 Å². The first kappa shape index (κ1) is 16.7. The molecule has 1 saturated heterocycles. The van der Waals surface area contributed by atoms with E-state index in [1.165, 1.54) is 37.7 Å². The lowest BCUT2D eigenvalue weighted by Gasteiger charge is -2.27. The SMILES string of the molecule is COc1ccc(OC)c(N2C(=O)NC(=O)C(=Cc3cccs3)C2=O)c1. The molecule has 0 radical (unpaired) electrons. The number of carbonyl (C=O) groups is 3. The molecule has 0 bridgehead atoms. The molecule has 7 nitrogen and oxygen atoms in total. The number of nitrogens with one attached hydrogen (secondary N) is 1. The van der Waals surface area contributed by atoms with E-state index in [-0.39, 0.29) is 11.3 Å². The summed E-state index contributed by atoms with van der Waals surface area (Å²) in [6.45, 7) is 0. The van der Waals surface area contributed by atoms with Gasteiger partial charge in [0.15, 0.2) is 0 Å². The van der Waals surface area contributed by atoms with Crippen LogP contribution in [0.2, 0.25) is 0 Å².